The van der Waals surface area contributed by atoms with E-state index < -0.39 is 0 Å². The fraction of sp³-hybridized carbons (Fsp3) is 0.556. The fourth-order valence-electron chi connectivity index (χ4n) is 1.35. The van der Waals surface area contributed by atoms with Crippen LogP contribution in [0.25, 0.3) is 0 Å². The molecule has 0 aromatic heterocycles. The Morgan fingerprint density at radius 3 is 2.44 bits per heavy atom. The Morgan fingerprint density at radius 2 is 2.11 bits per heavy atom. The number of rotatable bonds is 2. The molecular formula is C9H12. The fourth-order valence-corrected chi connectivity index (χ4v) is 1.35. The normalized spacial score (nSPS) is 23.8. The van der Waals surface area contributed by atoms with Gasteiger partial charge in [0.15, 0.2) is 0 Å². The second-order valence-electron chi connectivity index (χ2n) is 3.04. The first-order valence-electron chi connectivity index (χ1n) is 3.76. The Hall–Kier alpha value is -0.520. The summed E-state index contributed by atoms with van der Waals surface area (Å²) in [6.07, 6.45) is 7.63. The summed E-state index contributed by atoms with van der Waals surface area (Å²) in [5.41, 5.74) is 3.28. The van der Waals surface area contributed by atoms with Crippen molar-refractivity contribution in [2.45, 2.75) is 25.7 Å². The molecule has 0 amide bonds. The lowest BCUT2D eigenvalue weighted by Gasteiger charge is -1.93. The summed E-state index contributed by atoms with van der Waals surface area (Å²) in [5, 5.41) is 0. The maximum atomic E-state index is 3.83. The largest absolute Gasteiger partial charge is 0.0988 e. The second-order valence-corrected chi connectivity index (χ2v) is 3.04. The molecule has 2 saturated carbocycles. The minimum absolute atomic E-state index is 0.931. The van der Waals surface area contributed by atoms with Crippen LogP contribution in [0.15, 0.2) is 23.8 Å². The average Bonchev–Trinajstić information content (AvgIpc) is 2.61. The summed E-state index contributed by atoms with van der Waals surface area (Å²) in [7, 11) is 0. The minimum Gasteiger partial charge on any atom is -0.0988 e. The van der Waals surface area contributed by atoms with E-state index in [2.05, 4.69) is 12.7 Å². The van der Waals surface area contributed by atoms with Crippen molar-refractivity contribution < 1.29 is 0 Å². The molecule has 0 unspecified atom stereocenters. The Bertz CT molecular complexity index is 164. The van der Waals surface area contributed by atoms with Gasteiger partial charge in [-0.2, -0.15) is 0 Å². The van der Waals surface area contributed by atoms with E-state index in [1.54, 1.807) is 11.1 Å². The number of hydrogen-bond acceptors (Lipinski definition) is 0. The lowest BCUT2D eigenvalue weighted by molar-refractivity contribution is 1.04. The van der Waals surface area contributed by atoms with Crippen molar-refractivity contribution in [2.75, 3.05) is 0 Å². The molecule has 0 N–H and O–H groups in total. The van der Waals surface area contributed by atoms with Crippen LogP contribution in [-0.2, 0) is 0 Å². The van der Waals surface area contributed by atoms with Crippen LogP contribution in [0.2, 0.25) is 0 Å². The van der Waals surface area contributed by atoms with E-state index in [1.807, 2.05) is 0 Å². The Morgan fingerprint density at radius 1 is 1.44 bits per heavy atom. The monoisotopic (exact) mass is 120 g/mol. The Labute approximate surface area is 56.3 Å². The molecule has 9 heavy (non-hydrogen) atoms. The van der Waals surface area contributed by atoms with Crippen molar-refractivity contribution in [3.63, 3.8) is 0 Å². The van der Waals surface area contributed by atoms with Gasteiger partial charge in [0.05, 0.1) is 0 Å². The zero-order valence-corrected chi connectivity index (χ0v) is 5.69. The number of hydrogen-bond donors (Lipinski definition) is 0. The van der Waals surface area contributed by atoms with Crippen molar-refractivity contribution in [3.05, 3.63) is 23.8 Å². The van der Waals surface area contributed by atoms with Crippen molar-refractivity contribution in [3.8, 4) is 0 Å². The molecule has 0 aromatic rings. The summed E-state index contributed by atoms with van der Waals surface area (Å²) in [4.78, 5) is 0. The van der Waals surface area contributed by atoms with Crippen LogP contribution in [0, 0.1) is 5.92 Å². The second kappa shape index (κ2) is 1.73. The van der Waals surface area contributed by atoms with Crippen LogP contribution < -0.4 is 0 Å². The molecule has 2 aliphatic carbocycles. The minimum atomic E-state index is 0.931. The molecule has 0 atom stereocenters. The van der Waals surface area contributed by atoms with Crippen molar-refractivity contribution in [1.82, 2.24) is 0 Å². The lowest BCUT2D eigenvalue weighted by Crippen LogP contribution is -1.77. The third-order valence-electron chi connectivity index (χ3n) is 2.15. The van der Waals surface area contributed by atoms with Crippen molar-refractivity contribution >= 4 is 0 Å². The van der Waals surface area contributed by atoms with E-state index >= 15 is 0 Å². The van der Waals surface area contributed by atoms with Gasteiger partial charge in [0.2, 0.25) is 0 Å². The predicted molar refractivity (Wildman–Crippen MR) is 39.2 cm³/mol. The van der Waals surface area contributed by atoms with Gasteiger partial charge in [0, 0.05) is 0 Å². The summed E-state index contributed by atoms with van der Waals surface area (Å²) in [6.45, 7) is 3.83. The highest BCUT2D eigenvalue weighted by atomic mass is 14.3. The molecular weight excluding hydrogens is 108 g/mol. The first-order chi connectivity index (χ1) is 4.42. The van der Waals surface area contributed by atoms with Gasteiger partial charge < -0.3 is 0 Å². The van der Waals surface area contributed by atoms with Crippen LogP contribution in [0.1, 0.15) is 25.7 Å². The zero-order chi connectivity index (χ0) is 6.27. The molecule has 0 bridgehead atoms. The highest BCUT2D eigenvalue weighted by molar-refractivity contribution is 5.36. The maximum Gasteiger partial charge on any atom is -0.0162 e. The van der Waals surface area contributed by atoms with Gasteiger partial charge in [0.25, 0.3) is 0 Å². The SMILES string of the molecule is C=CC(=C1CC1)C1CC1. The molecule has 2 rings (SSSR count). The third kappa shape index (κ3) is 0.937. The van der Waals surface area contributed by atoms with Gasteiger partial charge in [-0.05, 0) is 37.2 Å². The lowest BCUT2D eigenvalue weighted by atomic mass is 10.1. The Balaban J connectivity index is 2.18. The van der Waals surface area contributed by atoms with Gasteiger partial charge in [-0.1, -0.05) is 18.2 Å². The van der Waals surface area contributed by atoms with Gasteiger partial charge >= 0.3 is 0 Å². The molecule has 0 aliphatic heterocycles. The van der Waals surface area contributed by atoms with Gasteiger partial charge in [-0.25, -0.2) is 0 Å². The van der Waals surface area contributed by atoms with E-state index in [4.69, 9.17) is 0 Å². The predicted octanol–water partition coefficient (Wildman–Crippen LogP) is 2.67. The molecule has 2 fully saturated rings. The van der Waals surface area contributed by atoms with E-state index in [9.17, 15) is 0 Å². The third-order valence-corrected chi connectivity index (χ3v) is 2.15. The van der Waals surface area contributed by atoms with Crippen molar-refractivity contribution in [1.29, 1.82) is 0 Å². The molecule has 0 heterocycles. The van der Waals surface area contributed by atoms with E-state index in [0.29, 0.717) is 0 Å². The van der Waals surface area contributed by atoms with Crippen LogP contribution >= 0.6 is 0 Å². The van der Waals surface area contributed by atoms with Gasteiger partial charge in [-0.15, -0.1) is 0 Å². The molecule has 0 saturated heterocycles. The molecule has 2 aliphatic rings. The van der Waals surface area contributed by atoms with E-state index in [0.717, 1.165) is 5.92 Å². The molecule has 0 aromatic carbocycles. The van der Waals surface area contributed by atoms with Gasteiger partial charge in [-0.3, -0.25) is 0 Å². The maximum absolute atomic E-state index is 3.83. The zero-order valence-electron chi connectivity index (χ0n) is 5.69. The standard InChI is InChI=1S/C9H12/c1-2-9(7-3-4-7)8-5-6-8/h2,7H,1,3-6H2. The summed E-state index contributed by atoms with van der Waals surface area (Å²) in [5.74, 6) is 0.931. The van der Waals surface area contributed by atoms with Crippen LogP contribution in [0.3, 0.4) is 0 Å². The first kappa shape index (κ1) is 5.28. The van der Waals surface area contributed by atoms with Crippen LogP contribution in [0.5, 0.6) is 0 Å². The molecule has 0 nitrogen and oxygen atoms in total. The topological polar surface area (TPSA) is 0 Å². The van der Waals surface area contributed by atoms with E-state index in [1.165, 1.54) is 25.7 Å². The Kier molecular flexibility index (Phi) is 1.01. The molecule has 0 spiro atoms. The smallest absolute Gasteiger partial charge is 0.0162 e. The summed E-state index contributed by atoms with van der Waals surface area (Å²) >= 11 is 0. The van der Waals surface area contributed by atoms with Crippen LogP contribution in [-0.4, -0.2) is 0 Å². The molecule has 0 radical (unpaired) electrons. The quantitative estimate of drug-likeness (QED) is 0.525. The van der Waals surface area contributed by atoms with E-state index in [-0.39, 0.29) is 0 Å². The van der Waals surface area contributed by atoms with Crippen molar-refractivity contribution in [2.24, 2.45) is 5.92 Å². The highest BCUT2D eigenvalue weighted by Gasteiger charge is 2.29. The first-order valence-corrected chi connectivity index (χ1v) is 3.76. The number of allylic oxidation sites excluding steroid dienone is 3. The van der Waals surface area contributed by atoms with Crippen LogP contribution in [0.4, 0.5) is 0 Å². The average molecular weight is 120 g/mol. The van der Waals surface area contributed by atoms with Gasteiger partial charge in [0.1, 0.15) is 0 Å². The summed E-state index contributed by atoms with van der Waals surface area (Å²) in [6, 6.07) is 0. The highest BCUT2D eigenvalue weighted by Crippen LogP contribution is 2.44. The molecule has 48 valence electrons. The summed E-state index contributed by atoms with van der Waals surface area (Å²) < 4.78 is 0. The molecule has 0 heteroatoms.